The van der Waals surface area contributed by atoms with E-state index in [-0.39, 0.29) is 6.42 Å². The van der Waals surface area contributed by atoms with Gasteiger partial charge in [-0.15, -0.1) is 11.8 Å². The molecule has 0 amide bonds. The summed E-state index contributed by atoms with van der Waals surface area (Å²) in [5.74, 6) is 0.437. The van der Waals surface area contributed by atoms with Gasteiger partial charge in [0.25, 0.3) is 0 Å². The molecule has 0 atom stereocenters. The van der Waals surface area contributed by atoms with Crippen molar-refractivity contribution in [3.05, 3.63) is 22.7 Å². The van der Waals surface area contributed by atoms with Gasteiger partial charge in [0.2, 0.25) is 0 Å². The fourth-order valence-electron chi connectivity index (χ4n) is 1.16. The van der Waals surface area contributed by atoms with E-state index < -0.39 is 5.97 Å². The third-order valence-electron chi connectivity index (χ3n) is 2.02. The Bertz CT molecular complexity index is 393. The molecule has 0 heterocycles. The lowest BCUT2D eigenvalue weighted by Gasteiger charge is -2.09. The van der Waals surface area contributed by atoms with Crippen LogP contribution in [0.4, 0.5) is 0 Å². The predicted molar refractivity (Wildman–Crippen MR) is 65.7 cm³/mol. The van der Waals surface area contributed by atoms with Crippen molar-refractivity contribution < 1.29 is 14.6 Å². The van der Waals surface area contributed by atoms with Crippen LogP contribution in [0.5, 0.6) is 5.75 Å². The van der Waals surface area contributed by atoms with Gasteiger partial charge in [-0.05, 0) is 24.6 Å². The third-order valence-corrected chi connectivity index (χ3v) is 3.46. The Balaban J connectivity index is 2.77. The Morgan fingerprint density at radius 1 is 1.56 bits per heavy atom. The largest absolute Gasteiger partial charge is 0.496 e. The highest BCUT2D eigenvalue weighted by molar-refractivity contribution is 7.99. The molecule has 0 aliphatic carbocycles. The molecule has 1 N–H and O–H groups in total. The van der Waals surface area contributed by atoms with Gasteiger partial charge in [0.05, 0.1) is 18.4 Å². The summed E-state index contributed by atoms with van der Waals surface area (Å²) in [7, 11) is 1.59. The van der Waals surface area contributed by atoms with E-state index in [1.807, 2.05) is 19.1 Å². The molecule has 0 radical (unpaired) electrons. The van der Waals surface area contributed by atoms with Crippen LogP contribution in [0.1, 0.15) is 12.0 Å². The van der Waals surface area contributed by atoms with Crippen LogP contribution in [0.15, 0.2) is 17.0 Å². The highest BCUT2D eigenvalue weighted by Gasteiger charge is 2.08. The van der Waals surface area contributed by atoms with Crippen molar-refractivity contribution >= 4 is 29.3 Å². The molecule has 1 aromatic carbocycles. The van der Waals surface area contributed by atoms with Crippen molar-refractivity contribution in [1.82, 2.24) is 0 Å². The SMILES string of the molecule is COc1cc(C)c(Cl)cc1SCCC(=O)O. The molecule has 0 spiro atoms. The molecule has 0 fully saturated rings. The number of carboxylic acids is 1. The van der Waals surface area contributed by atoms with Crippen LogP contribution >= 0.6 is 23.4 Å². The summed E-state index contributed by atoms with van der Waals surface area (Å²) in [5.41, 5.74) is 0.945. The van der Waals surface area contributed by atoms with E-state index in [1.54, 1.807) is 7.11 Å². The maximum atomic E-state index is 10.4. The molecule has 5 heteroatoms. The molecule has 1 aromatic rings. The first-order valence-electron chi connectivity index (χ1n) is 4.73. The first-order valence-corrected chi connectivity index (χ1v) is 6.09. The second kappa shape index (κ2) is 6.01. The Kier molecular flexibility index (Phi) is 4.96. The van der Waals surface area contributed by atoms with Gasteiger partial charge < -0.3 is 9.84 Å². The number of carbonyl (C=O) groups is 1. The summed E-state index contributed by atoms with van der Waals surface area (Å²) in [6.07, 6.45) is 0.124. The molecule has 88 valence electrons. The number of ether oxygens (including phenoxy) is 1. The first-order chi connectivity index (χ1) is 7.54. The zero-order valence-corrected chi connectivity index (χ0v) is 10.7. The summed E-state index contributed by atoms with van der Waals surface area (Å²) in [6, 6.07) is 3.66. The summed E-state index contributed by atoms with van der Waals surface area (Å²) < 4.78 is 5.21. The van der Waals surface area contributed by atoms with Crippen LogP contribution in [0, 0.1) is 6.92 Å². The second-order valence-corrected chi connectivity index (χ2v) is 4.79. The van der Waals surface area contributed by atoms with Crippen molar-refractivity contribution in [3.8, 4) is 5.75 Å². The zero-order chi connectivity index (χ0) is 12.1. The van der Waals surface area contributed by atoms with Crippen LogP contribution in [-0.2, 0) is 4.79 Å². The monoisotopic (exact) mass is 260 g/mol. The minimum atomic E-state index is -0.801. The molecule has 0 unspecified atom stereocenters. The summed E-state index contributed by atoms with van der Waals surface area (Å²) in [6.45, 7) is 1.90. The number of aryl methyl sites for hydroxylation is 1. The van der Waals surface area contributed by atoms with Crippen LogP contribution in [0.2, 0.25) is 5.02 Å². The van der Waals surface area contributed by atoms with E-state index in [0.717, 1.165) is 16.2 Å². The number of carboxylic acid groups (broad SMARTS) is 1. The maximum Gasteiger partial charge on any atom is 0.304 e. The average Bonchev–Trinajstić information content (AvgIpc) is 2.22. The molecule has 3 nitrogen and oxygen atoms in total. The van der Waals surface area contributed by atoms with E-state index >= 15 is 0 Å². The lowest BCUT2D eigenvalue weighted by atomic mass is 10.2. The highest BCUT2D eigenvalue weighted by atomic mass is 35.5. The standard InChI is InChI=1S/C11H13ClO3S/c1-7-5-9(15-2)10(6-8(7)12)16-4-3-11(13)14/h5-6H,3-4H2,1-2H3,(H,13,14). The number of benzene rings is 1. The zero-order valence-electron chi connectivity index (χ0n) is 9.12. The van der Waals surface area contributed by atoms with Gasteiger partial charge in [0, 0.05) is 10.8 Å². The molecular formula is C11H13ClO3S. The lowest BCUT2D eigenvalue weighted by molar-refractivity contribution is -0.136. The molecule has 0 saturated carbocycles. The molecule has 16 heavy (non-hydrogen) atoms. The fraction of sp³-hybridized carbons (Fsp3) is 0.364. The van der Waals surface area contributed by atoms with Crippen LogP contribution in [-0.4, -0.2) is 23.9 Å². The number of thioether (sulfide) groups is 1. The molecule has 1 rings (SSSR count). The van der Waals surface area contributed by atoms with Gasteiger partial charge in [-0.25, -0.2) is 0 Å². The van der Waals surface area contributed by atoms with Gasteiger partial charge in [-0.2, -0.15) is 0 Å². The highest BCUT2D eigenvalue weighted by Crippen LogP contribution is 2.34. The quantitative estimate of drug-likeness (QED) is 0.826. The minimum Gasteiger partial charge on any atom is -0.496 e. The molecular weight excluding hydrogens is 248 g/mol. The molecule has 0 bridgehead atoms. The van der Waals surface area contributed by atoms with E-state index in [4.69, 9.17) is 21.4 Å². The van der Waals surface area contributed by atoms with Crippen LogP contribution in [0.3, 0.4) is 0 Å². The normalized spacial score (nSPS) is 10.2. The molecule has 0 saturated heterocycles. The third kappa shape index (κ3) is 3.61. The second-order valence-electron chi connectivity index (χ2n) is 3.24. The number of rotatable bonds is 5. The summed E-state index contributed by atoms with van der Waals surface area (Å²) in [4.78, 5) is 11.3. The van der Waals surface area contributed by atoms with E-state index in [0.29, 0.717) is 10.8 Å². The van der Waals surface area contributed by atoms with Crippen molar-refractivity contribution in [2.45, 2.75) is 18.2 Å². The van der Waals surface area contributed by atoms with Gasteiger partial charge in [0.1, 0.15) is 5.75 Å². The molecule has 0 aliphatic rings. The summed E-state index contributed by atoms with van der Waals surface area (Å²) in [5, 5.41) is 9.21. The number of halogens is 1. The Morgan fingerprint density at radius 3 is 2.81 bits per heavy atom. The van der Waals surface area contributed by atoms with Crippen molar-refractivity contribution in [2.75, 3.05) is 12.9 Å². The van der Waals surface area contributed by atoms with E-state index in [1.165, 1.54) is 11.8 Å². The Hall–Kier alpha value is -0.870. The lowest BCUT2D eigenvalue weighted by Crippen LogP contribution is -1.96. The van der Waals surface area contributed by atoms with Gasteiger partial charge >= 0.3 is 5.97 Å². The number of hydrogen-bond donors (Lipinski definition) is 1. The number of methoxy groups -OCH3 is 1. The van der Waals surface area contributed by atoms with Crippen LogP contribution in [0.25, 0.3) is 0 Å². The molecule has 0 aromatic heterocycles. The van der Waals surface area contributed by atoms with Crippen molar-refractivity contribution in [1.29, 1.82) is 0 Å². The Labute approximate surface area is 104 Å². The minimum absolute atomic E-state index is 0.124. The topological polar surface area (TPSA) is 46.5 Å². The first kappa shape index (κ1) is 13.2. The van der Waals surface area contributed by atoms with Crippen molar-refractivity contribution in [2.24, 2.45) is 0 Å². The maximum absolute atomic E-state index is 10.4. The van der Waals surface area contributed by atoms with Gasteiger partial charge in [0.15, 0.2) is 0 Å². The number of aliphatic carboxylic acids is 1. The van der Waals surface area contributed by atoms with E-state index in [9.17, 15) is 4.79 Å². The van der Waals surface area contributed by atoms with Crippen LogP contribution < -0.4 is 4.74 Å². The van der Waals surface area contributed by atoms with Gasteiger partial charge in [-0.3, -0.25) is 4.79 Å². The average molecular weight is 261 g/mol. The fourth-order valence-corrected chi connectivity index (χ4v) is 2.37. The Morgan fingerprint density at radius 2 is 2.25 bits per heavy atom. The number of hydrogen-bond acceptors (Lipinski definition) is 3. The summed E-state index contributed by atoms with van der Waals surface area (Å²) >= 11 is 7.43. The molecule has 0 aliphatic heterocycles. The van der Waals surface area contributed by atoms with Gasteiger partial charge in [-0.1, -0.05) is 11.6 Å². The predicted octanol–water partition coefficient (Wildman–Crippen LogP) is 3.22. The van der Waals surface area contributed by atoms with E-state index in [2.05, 4.69) is 0 Å². The van der Waals surface area contributed by atoms with Crippen molar-refractivity contribution in [3.63, 3.8) is 0 Å². The smallest absolute Gasteiger partial charge is 0.304 e.